The average Bonchev–Trinajstić information content (AvgIpc) is 2.46. The van der Waals surface area contributed by atoms with E-state index in [1.807, 2.05) is 7.11 Å². The molecule has 0 amide bonds. The molecule has 1 fully saturated rings. The van der Waals surface area contributed by atoms with Crippen molar-refractivity contribution in [3.63, 3.8) is 0 Å². The number of hydrogen-bond donors (Lipinski definition) is 1. The first kappa shape index (κ1) is 13.9. The topological polar surface area (TPSA) is 30.5 Å². The zero-order chi connectivity index (χ0) is 14.0. The molecule has 0 spiro atoms. The summed E-state index contributed by atoms with van der Waals surface area (Å²) in [6.45, 7) is 0.963. The first-order valence-electron chi connectivity index (χ1n) is 7.72. The van der Waals surface area contributed by atoms with Crippen molar-refractivity contribution >= 4 is 0 Å². The molecule has 1 aromatic rings. The van der Waals surface area contributed by atoms with Gasteiger partial charge >= 0.3 is 0 Å². The summed E-state index contributed by atoms with van der Waals surface area (Å²) < 4.78 is 11.1. The minimum absolute atomic E-state index is 0.0937. The molecule has 0 radical (unpaired) electrons. The van der Waals surface area contributed by atoms with Crippen LogP contribution in [0.25, 0.3) is 0 Å². The zero-order valence-electron chi connectivity index (χ0n) is 12.6. The fraction of sp³-hybridized carbons (Fsp3) is 0.647. The lowest BCUT2D eigenvalue weighted by molar-refractivity contribution is -0.0711. The number of nitrogens with one attached hydrogen (secondary N) is 1. The highest BCUT2D eigenvalue weighted by Crippen LogP contribution is 2.37. The molecule has 2 aliphatic carbocycles. The highest BCUT2D eigenvalue weighted by molar-refractivity contribution is 5.39. The van der Waals surface area contributed by atoms with E-state index in [4.69, 9.17) is 9.47 Å². The molecule has 110 valence electrons. The summed E-state index contributed by atoms with van der Waals surface area (Å²) in [5.41, 5.74) is 2.98. The van der Waals surface area contributed by atoms with Crippen LogP contribution in [-0.4, -0.2) is 26.4 Å². The molecule has 1 aromatic carbocycles. The van der Waals surface area contributed by atoms with Gasteiger partial charge in [0.15, 0.2) is 0 Å². The maximum absolute atomic E-state index is 5.71. The summed E-state index contributed by atoms with van der Waals surface area (Å²) in [5, 5.41) is 3.74. The second kappa shape index (κ2) is 5.74. The number of ether oxygens (including phenoxy) is 2. The lowest BCUT2D eigenvalue weighted by Gasteiger charge is -2.42. The number of fused-ring (bicyclic) bond motifs is 1. The normalized spacial score (nSPS) is 23.8. The van der Waals surface area contributed by atoms with Crippen molar-refractivity contribution in [3.05, 3.63) is 29.3 Å². The predicted molar refractivity (Wildman–Crippen MR) is 80.3 cm³/mol. The summed E-state index contributed by atoms with van der Waals surface area (Å²) in [5.74, 6) is 0.961. The van der Waals surface area contributed by atoms with Crippen LogP contribution < -0.4 is 10.1 Å². The molecular formula is C17H25NO2. The van der Waals surface area contributed by atoms with E-state index in [1.54, 1.807) is 7.11 Å². The van der Waals surface area contributed by atoms with Crippen molar-refractivity contribution in [3.8, 4) is 5.75 Å². The molecule has 3 rings (SSSR count). The van der Waals surface area contributed by atoms with Crippen molar-refractivity contribution in [2.45, 2.75) is 50.2 Å². The van der Waals surface area contributed by atoms with Crippen LogP contribution in [0.2, 0.25) is 0 Å². The monoisotopic (exact) mass is 275 g/mol. The predicted octanol–water partition coefficient (Wildman–Crippen LogP) is 3.23. The molecule has 1 atom stereocenters. The number of aryl methyl sites for hydroxylation is 1. The van der Waals surface area contributed by atoms with Crippen LogP contribution in [0.15, 0.2) is 18.2 Å². The second-order valence-corrected chi connectivity index (χ2v) is 6.13. The molecule has 0 heterocycles. The van der Waals surface area contributed by atoms with E-state index in [1.165, 1.54) is 49.7 Å². The van der Waals surface area contributed by atoms with Gasteiger partial charge in [-0.05, 0) is 61.8 Å². The Morgan fingerprint density at radius 2 is 2.10 bits per heavy atom. The molecule has 3 heteroatoms. The number of methoxy groups -OCH3 is 2. The minimum Gasteiger partial charge on any atom is -0.497 e. The van der Waals surface area contributed by atoms with Gasteiger partial charge in [0, 0.05) is 19.7 Å². The smallest absolute Gasteiger partial charge is 0.119 e. The van der Waals surface area contributed by atoms with Gasteiger partial charge < -0.3 is 14.8 Å². The van der Waals surface area contributed by atoms with E-state index in [0.29, 0.717) is 6.04 Å². The lowest BCUT2D eigenvalue weighted by atomic mass is 9.79. The van der Waals surface area contributed by atoms with Gasteiger partial charge in [-0.15, -0.1) is 0 Å². The van der Waals surface area contributed by atoms with Gasteiger partial charge in [0.1, 0.15) is 5.75 Å². The highest BCUT2D eigenvalue weighted by Gasteiger charge is 2.37. The van der Waals surface area contributed by atoms with E-state index in [-0.39, 0.29) is 5.60 Å². The average molecular weight is 275 g/mol. The summed E-state index contributed by atoms with van der Waals surface area (Å²) in [6, 6.07) is 6.94. The van der Waals surface area contributed by atoms with Gasteiger partial charge in [0.05, 0.1) is 12.7 Å². The van der Waals surface area contributed by atoms with Crippen LogP contribution in [-0.2, 0) is 11.2 Å². The van der Waals surface area contributed by atoms with Crippen molar-refractivity contribution in [1.82, 2.24) is 5.32 Å². The first-order valence-corrected chi connectivity index (χ1v) is 7.72. The van der Waals surface area contributed by atoms with Gasteiger partial charge in [-0.2, -0.15) is 0 Å². The van der Waals surface area contributed by atoms with Crippen LogP contribution in [0.3, 0.4) is 0 Å². The van der Waals surface area contributed by atoms with Crippen LogP contribution in [0.5, 0.6) is 5.75 Å². The van der Waals surface area contributed by atoms with Gasteiger partial charge in [0.2, 0.25) is 0 Å². The Morgan fingerprint density at radius 1 is 1.25 bits per heavy atom. The number of rotatable bonds is 5. The first-order chi connectivity index (χ1) is 9.76. The van der Waals surface area contributed by atoms with Crippen molar-refractivity contribution in [2.24, 2.45) is 0 Å². The second-order valence-electron chi connectivity index (χ2n) is 6.13. The quantitative estimate of drug-likeness (QED) is 0.895. The van der Waals surface area contributed by atoms with Gasteiger partial charge in [-0.25, -0.2) is 0 Å². The van der Waals surface area contributed by atoms with Crippen molar-refractivity contribution < 1.29 is 9.47 Å². The van der Waals surface area contributed by atoms with Crippen molar-refractivity contribution in [2.75, 3.05) is 20.8 Å². The Morgan fingerprint density at radius 3 is 2.75 bits per heavy atom. The Kier molecular flexibility index (Phi) is 3.99. The van der Waals surface area contributed by atoms with Gasteiger partial charge in [-0.1, -0.05) is 6.07 Å². The van der Waals surface area contributed by atoms with Gasteiger partial charge in [-0.3, -0.25) is 0 Å². The molecule has 0 aromatic heterocycles. The largest absolute Gasteiger partial charge is 0.497 e. The standard InChI is InChI=1S/C17H25NO2/c1-19-14-8-7-13-5-3-6-16(15(13)11-14)18-12-17(20-2)9-4-10-17/h7-8,11,16,18H,3-6,9-10,12H2,1-2H3. The van der Waals surface area contributed by atoms with Crippen LogP contribution in [0.1, 0.15) is 49.3 Å². The fourth-order valence-electron chi connectivity index (χ4n) is 3.45. The molecule has 0 saturated heterocycles. The molecule has 1 unspecified atom stereocenters. The third-order valence-electron chi connectivity index (χ3n) is 5.04. The van der Waals surface area contributed by atoms with E-state index in [2.05, 4.69) is 23.5 Å². The van der Waals surface area contributed by atoms with Crippen LogP contribution >= 0.6 is 0 Å². The van der Waals surface area contributed by atoms with E-state index in [9.17, 15) is 0 Å². The Hall–Kier alpha value is -1.06. The molecule has 20 heavy (non-hydrogen) atoms. The van der Waals surface area contributed by atoms with Gasteiger partial charge in [0.25, 0.3) is 0 Å². The molecule has 1 saturated carbocycles. The maximum atomic E-state index is 5.71. The van der Waals surface area contributed by atoms with Crippen molar-refractivity contribution in [1.29, 1.82) is 0 Å². The molecule has 2 aliphatic rings. The molecular weight excluding hydrogens is 250 g/mol. The van der Waals surface area contributed by atoms with Crippen LogP contribution in [0, 0.1) is 0 Å². The third kappa shape index (κ3) is 2.57. The zero-order valence-corrected chi connectivity index (χ0v) is 12.6. The Labute approximate surface area is 121 Å². The number of hydrogen-bond acceptors (Lipinski definition) is 3. The van der Waals surface area contributed by atoms with E-state index < -0.39 is 0 Å². The molecule has 0 bridgehead atoms. The van der Waals surface area contributed by atoms with Crippen LogP contribution in [0.4, 0.5) is 0 Å². The summed E-state index contributed by atoms with van der Waals surface area (Å²) in [4.78, 5) is 0. The Balaban J connectivity index is 1.72. The maximum Gasteiger partial charge on any atom is 0.119 e. The summed E-state index contributed by atoms with van der Waals surface area (Å²) in [7, 11) is 3.58. The minimum atomic E-state index is 0.0937. The third-order valence-corrected chi connectivity index (χ3v) is 5.04. The lowest BCUT2D eigenvalue weighted by Crippen LogP contribution is -2.49. The highest BCUT2D eigenvalue weighted by atomic mass is 16.5. The number of benzene rings is 1. The summed E-state index contributed by atoms with van der Waals surface area (Å²) in [6.07, 6.45) is 7.33. The Bertz CT molecular complexity index is 463. The SMILES string of the molecule is COc1ccc2c(c1)C(NCC1(OC)CCC1)CCC2. The molecule has 3 nitrogen and oxygen atoms in total. The fourth-order valence-corrected chi connectivity index (χ4v) is 3.45. The molecule has 0 aliphatic heterocycles. The molecule has 1 N–H and O–H groups in total. The summed E-state index contributed by atoms with van der Waals surface area (Å²) >= 11 is 0. The van der Waals surface area contributed by atoms with E-state index >= 15 is 0 Å². The van der Waals surface area contributed by atoms with E-state index in [0.717, 1.165) is 12.3 Å².